The Kier molecular flexibility index (Phi) is 3.37. The summed E-state index contributed by atoms with van der Waals surface area (Å²) in [7, 11) is 1.98. The molecule has 3 nitrogen and oxygen atoms in total. The molecule has 1 aromatic rings. The van der Waals surface area contributed by atoms with Gasteiger partial charge in [-0.25, -0.2) is 4.98 Å². The van der Waals surface area contributed by atoms with Crippen molar-refractivity contribution in [2.75, 3.05) is 17.6 Å². The fourth-order valence-electron chi connectivity index (χ4n) is 0.960. The van der Waals surface area contributed by atoms with Gasteiger partial charge in [0, 0.05) is 31.6 Å². The van der Waals surface area contributed by atoms with Gasteiger partial charge in [-0.3, -0.25) is 0 Å². The predicted octanol–water partition coefficient (Wildman–Crippen LogP) is 1.25. The lowest BCUT2D eigenvalue weighted by molar-refractivity contribution is 1.03. The van der Waals surface area contributed by atoms with Crippen LogP contribution in [0, 0.1) is 0 Å². The Bertz CT molecular complexity index is 252. The van der Waals surface area contributed by atoms with Gasteiger partial charge < -0.3 is 10.0 Å². The number of nitrogens with zero attached hydrogens (tertiary/aromatic N) is 2. The zero-order chi connectivity index (χ0) is 8.97. The van der Waals surface area contributed by atoms with E-state index in [9.17, 15) is 0 Å². The van der Waals surface area contributed by atoms with Gasteiger partial charge in [-0.2, -0.15) is 0 Å². The van der Waals surface area contributed by atoms with E-state index in [0.717, 1.165) is 11.4 Å². The molecule has 4 heteroatoms. The van der Waals surface area contributed by atoms with Gasteiger partial charge in [0.25, 0.3) is 0 Å². The highest BCUT2D eigenvalue weighted by Gasteiger charge is 2.04. The van der Waals surface area contributed by atoms with Crippen molar-refractivity contribution in [3.05, 3.63) is 23.9 Å². The molecule has 0 aliphatic heterocycles. The second kappa shape index (κ2) is 4.33. The molecule has 0 spiro atoms. The summed E-state index contributed by atoms with van der Waals surface area (Å²) in [5.41, 5.74) is 6.65. The van der Waals surface area contributed by atoms with Crippen molar-refractivity contribution < 1.29 is 0 Å². The van der Waals surface area contributed by atoms with Crippen LogP contribution in [0.2, 0.25) is 0 Å². The molecule has 0 aromatic carbocycles. The van der Waals surface area contributed by atoms with Crippen LogP contribution in [0.3, 0.4) is 0 Å². The summed E-state index contributed by atoms with van der Waals surface area (Å²) in [6, 6.07) is 3.90. The Morgan fingerprint density at radius 1 is 1.67 bits per heavy atom. The third-order valence-electron chi connectivity index (χ3n) is 1.66. The van der Waals surface area contributed by atoms with Gasteiger partial charge in [0.15, 0.2) is 0 Å². The van der Waals surface area contributed by atoms with Gasteiger partial charge in [0.2, 0.25) is 0 Å². The molecule has 0 atom stereocenters. The summed E-state index contributed by atoms with van der Waals surface area (Å²) < 4.78 is 2.00. The zero-order valence-corrected chi connectivity index (χ0v) is 8.14. The number of hydrogen-bond acceptors (Lipinski definition) is 4. The minimum Gasteiger partial charge on any atom is -0.326 e. The van der Waals surface area contributed by atoms with E-state index in [0.29, 0.717) is 6.54 Å². The lowest BCUT2D eigenvalue weighted by atomic mass is 10.2. The Balaban J connectivity index is 2.96. The fourth-order valence-corrected chi connectivity index (χ4v) is 1.30. The Labute approximate surface area is 77.1 Å². The number of hydrogen-bond donors (Lipinski definition) is 1. The van der Waals surface area contributed by atoms with Gasteiger partial charge >= 0.3 is 0 Å². The van der Waals surface area contributed by atoms with Crippen LogP contribution in [0.15, 0.2) is 18.3 Å². The van der Waals surface area contributed by atoms with Gasteiger partial charge in [0.05, 0.1) is 0 Å². The SMILES string of the molecule is CSN(C)c1ncccc1CN. The maximum absolute atomic E-state index is 5.57. The molecule has 0 radical (unpaired) electrons. The smallest absolute Gasteiger partial charge is 0.142 e. The molecule has 1 rings (SSSR count). The normalized spacial score (nSPS) is 9.92. The third-order valence-corrected chi connectivity index (χ3v) is 2.38. The lowest BCUT2D eigenvalue weighted by Gasteiger charge is -2.16. The molecule has 0 fully saturated rings. The van der Waals surface area contributed by atoms with Crippen molar-refractivity contribution in [1.82, 2.24) is 4.98 Å². The minimum absolute atomic E-state index is 0.536. The molecule has 0 saturated heterocycles. The van der Waals surface area contributed by atoms with Crippen LogP contribution < -0.4 is 10.0 Å². The summed E-state index contributed by atoms with van der Waals surface area (Å²) in [6.07, 6.45) is 3.79. The molecule has 0 amide bonds. The van der Waals surface area contributed by atoms with E-state index in [1.54, 1.807) is 18.1 Å². The van der Waals surface area contributed by atoms with E-state index >= 15 is 0 Å². The topological polar surface area (TPSA) is 42.2 Å². The molecule has 0 unspecified atom stereocenters. The van der Waals surface area contributed by atoms with E-state index in [2.05, 4.69) is 4.98 Å². The van der Waals surface area contributed by atoms with Crippen molar-refractivity contribution in [1.29, 1.82) is 0 Å². The standard InChI is InChI=1S/C8H13N3S/c1-11(12-2)8-7(6-9)4-3-5-10-8/h3-5H,6,9H2,1-2H3. The van der Waals surface area contributed by atoms with Crippen LogP contribution in [0.25, 0.3) is 0 Å². The Morgan fingerprint density at radius 2 is 2.42 bits per heavy atom. The maximum atomic E-state index is 5.57. The largest absolute Gasteiger partial charge is 0.326 e. The van der Waals surface area contributed by atoms with Crippen molar-refractivity contribution >= 4 is 17.8 Å². The van der Waals surface area contributed by atoms with Gasteiger partial charge in [0.1, 0.15) is 5.82 Å². The van der Waals surface area contributed by atoms with Crippen molar-refractivity contribution in [3.8, 4) is 0 Å². The highest BCUT2D eigenvalue weighted by Crippen LogP contribution is 2.19. The quantitative estimate of drug-likeness (QED) is 0.716. The van der Waals surface area contributed by atoms with Crippen molar-refractivity contribution in [3.63, 3.8) is 0 Å². The molecule has 66 valence electrons. The number of rotatable bonds is 3. The highest BCUT2D eigenvalue weighted by molar-refractivity contribution is 7.99. The van der Waals surface area contributed by atoms with Crippen LogP contribution in [0.4, 0.5) is 5.82 Å². The summed E-state index contributed by atoms with van der Waals surface area (Å²) in [5, 5.41) is 0. The van der Waals surface area contributed by atoms with Crippen molar-refractivity contribution in [2.24, 2.45) is 5.73 Å². The third kappa shape index (κ3) is 1.89. The molecule has 0 saturated carbocycles. The van der Waals surface area contributed by atoms with Crippen molar-refractivity contribution in [2.45, 2.75) is 6.54 Å². The maximum Gasteiger partial charge on any atom is 0.142 e. The highest BCUT2D eigenvalue weighted by atomic mass is 32.2. The van der Waals surface area contributed by atoms with E-state index in [1.807, 2.05) is 29.7 Å². The van der Waals surface area contributed by atoms with Gasteiger partial charge in [-0.1, -0.05) is 18.0 Å². The molecular formula is C8H13N3S. The molecule has 1 aromatic heterocycles. The first kappa shape index (κ1) is 9.35. The average Bonchev–Trinajstić information content (AvgIpc) is 2.16. The van der Waals surface area contributed by atoms with Gasteiger partial charge in [-0.05, 0) is 6.07 Å². The van der Waals surface area contributed by atoms with Crippen LogP contribution in [-0.4, -0.2) is 18.3 Å². The Hall–Kier alpha value is -0.740. The second-order valence-electron chi connectivity index (χ2n) is 2.37. The first-order valence-electron chi connectivity index (χ1n) is 3.71. The molecular weight excluding hydrogens is 170 g/mol. The van der Waals surface area contributed by atoms with Crippen LogP contribution >= 0.6 is 11.9 Å². The first-order chi connectivity index (χ1) is 5.79. The monoisotopic (exact) mass is 183 g/mol. The van der Waals surface area contributed by atoms with Crippen LogP contribution in [-0.2, 0) is 6.54 Å². The zero-order valence-electron chi connectivity index (χ0n) is 7.32. The number of nitrogens with two attached hydrogens (primary N) is 1. The molecule has 2 N–H and O–H groups in total. The second-order valence-corrected chi connectivity index (χ2v) is 3.28. The van der Waals surface area contributed by atoms with E-state index in [4.69, 9.17) is 5.73 Å². The first-order valence-corrected chi connectivity index (χ1v) is 4.89. The minimum atomic E-state index is 0.536. The summed E-state index contributed by atoms with van der Waals surface area (Å²) in [6.45, 7) is 0.536. The predicted molar refractivity (Wildman–Crippen MR) is 54.0 cm³/mol. The van der Waals surface area contributed by atoms with E-state index < -0.39 is 0 Å². The van der Waals surface area contributed by atoms with Crippen LogP contribution in [0.5, 0.6) is 0 Å². The summed E-state index contributed by atoms with van der Waals surface area (Å²) in [4.78, 5) is 4.25. The molecule has 0 aliphatic carbocycles. The Morgan fingerprint density at radius 3 is 3.00 bits per heavy atom. The van der Waals surface area contributed by atoms with E-state index in [-0.39, 0.29) is 0 Å². The number of aromatic nitrogens is 1. The fraction of sp³-hybridized carbons (Fsp3) is 0.375. The summed E-state index contributed by atoms with van der Waals surface area (Å²) >= 11 is 1.62. The molecule has 12 heavy (non-hydrogen) atoms. The average molecular weight is 183 g/mol. The number of pyridine rings is 1. The summed E-state index contributed by atoms with van der Waals surface area (Å²) in [5.74, 6) is 0.951. The molecule has 0 aliphatic rings. The number of anilines is 1. The molecule has 1 heterocycles. The molecule has 0 bridgehead atoms. The van der Waals surface area contributed by atoms with E-state index in [1.165, 1.54) is 0 Å². The van der Waals surface area contributed by atoms with Gasteiger partial charge in [-0.15, -0.1) is 0 Å². The lowest BCUT2D eigenvalue weighted by Crippen LogP contribution is -2.11. The van der Waals surface area contributed by atoms with Crippen LogP contribution in [0.1, 0.15) is 5.56 Å².